The van der Waals surface area contributed by atoms with Gasteiger partial charge in [-0.05, 0) is 29.3 Å². The summed E-state index contributed by atoms with van der Waals surface area (Å²) in [5.74, 6) is 0.871. The summed E-state index contributed by atoms with van der Waals surface area (Å²) in [6.07, 6.45) is 0. The fraction of sp³-hybridized carbons (Fsp3) is 0.333. The van der Waals surface area contributed by atoms with Crippen molar-refractivity contribution >= 4 is 17.2 Å². The Kier molecular flexibility index (Phi) is 3.16. The maximum absolute atomic E-state index is 9.16. The van der Waals surface area contributed by atoms with E-state index in [0.717, 1.165) is 18.1 Å². The Labute approximate surface area is 105 Å². The lowest BCUT2D eigenvalue weighted by Gasteiger charge is -2.18. The molecule has 0 aromatic carbocycles. The van der Waals surface area contributed by atoms with Crippen LogP contribution in [-0.4, -0.2) is 16.8 Å². The summed E-state index contributed by atoms with van der Waals surface area (Å²) in [5.41, 5.74) is 2.69. The Morgan fingerprint density at radius 3 is 2.94 bits per heavy atom. The topological polar surface area (TPSA) is 44.9 Å². The van der Waals surface area contributed by atoms with Crippen molar-refractivity contribution in [3.05, 3.63) is 33.6 Å². The smallest absolute Gasteiger partial charge is 0.145 e. The molecule has 2 rings (SSSR count). The number of hydrogen-bond donors (Lipinski definition) is 0. The predicted molar refractivity (Wildman–Crippen MR) is 69.1 cm³/mol. The molecule has 0 unspecified atom stereocenters. The SMILES string of the molecule is Cc1nn(C)c(N(C)Cc2ccsc2)c1C#N. The van der Waals surface area contributed by atoms with Crippen LogP contribution in [0.2, 0.25) is 0 Å². The van der Waals surface area contributed by atoms with Crippen LogP contribution in [0.25, 0.3) is 0 Å². The average molecular weight is 246 g/mol. The first kappa shape index (κ1) is 11.7. The van der Waals surface area contributed by atoms with Gasteiger partial charge in [-0.2, -0.15) is 21.7 Å². The number of hydrogen-bond acceptors (Lipinski definition) is 4. The first-order valence-corrected chi connectivity index (χ1v) is 6.23. The van der Waals surface area contributed by atoms with Crippen LogP contribution in [0.4, 0.5) is 5.82 Å². The van der Waals surface area contributed by atoms with Crippen LogP contribution in [-0.2, 0) is 13.6 Å². The monoisotopic (exact) mass is 246 g/mol. The maximum atomic E-state index is 9.16. The molecule has 88 valence electrons. The zero-order chi connectivity index (χ0) is 12.4. The van der Waals surface area contributed by atoms with Crippen molar-refractivity contribution in [2.45, 2.75) is 13.5 Å². The first-order valence-electron chi connectivity index (χ1n) is 5.29. The molecule has 2 heterocycles. The molecule has 5 heteroatoms. The van der Waals surface area contributed by atoms with E-state index in [9.17, 15) is 0 Å². The summed E-state index contributed by atoms with van der Waals surface area (Å²) in [5, 5.41) is 17.6. The van der Waals surface area contributed by atoms with Gasteiger partial charge in [0.1, 0.15) is 17.5 Å². The number of rotatable bonds is 3. The van der Waals surface area contributed by atoms with E-state index in [1.165, 1.54) is 5.56 Å². The minimum absolute atomic E-state index is 0.658. The van der Waals surface area contributed by atoms with Crippen molar-refractivity contribution in [1.29, 1.82) is 5.26 Å². The van der Waals surface area contributed by atoms with Crippen molar-refractivity contribution in [3.8, 4) is 6.07 Å². The van der Waals surface area contributed by atoms with Crippen LogP contribution in [0.3, 0.4) is 0 Å². The zero-order valence-electron chi connectivity index (χ0n) is 10.1. The number of nitrogens with zero attached hydrogens (tertiary/aromatic N) is 4. The third-order valence-electron chi connectivity index (χ3n) is 2.67. The van der Waals surface area contributed by atoms with E-state index in [2.05, 4.69) is 32.9 Å². The van der Waals surface area contributed by atoms with Crippen LogP contribution in [0, 0.1) is 18.3 Å². The lowest BCUT2D eigenvalue weighted by atomic mass is 10.2. The molecule has 0 amide bonds. The number of thiophene rings is 1. The van der Waals surface area contributed by atoms with Gasteiger partial charge in [-0.1, -0.05) is 0 Å². The fourth-order valence-corrected chi connectivity index (χ4v) is 2.61. The molecule has 0 atom stereocenters. The second-order valence-corrected chi connectivity index (χ2v) is 4.79. The van der Waals surface area contributed by atoms with Crippen molar-refractivity contribution in [3.63, 3.8) is 0 Å². The molecule has 0 fully saturated rings. The molecule has 0 radical (unpaired) electrons. The number of aromatic nitrogens is 2. The second kappa shape index (κ2) is 4.60. The van der Waals surface area contributed by atoms with Gasteiger partial charge in [0.2, 0.25) is 0 Å². The molecule has 2 aromatic heterocycles. The Bertz CT molecular complexity index is 548. The molecule has 0 saturated heterocycles. The highest BCUT2D eigenvalue weighted by atomic mass is 32.1. The summed E-state index contributed by atoms with van der Waals surface area (Å²) < 4.78 is 1.76. The summed E-state index contributed by atoms with van der Waals surface area (Å²) in [7, 11) is 3.85. The molecule has 2 aromatic rings. The van der Waals surface area contributed by atoms with Crippen molar-refractivity contribution < 1.29 is 0 Å². The van der Waals surface area contributed by atoms with Crippen molar-refractivity contribution in [2.24, 2.45) is 7.05 Å². The summed E-state index contributed by atoms with van der Waals surface area (Å²) in [4.78, 5) is 2.06. The standard InChI is InChI=1S/C12H14N4S/c1-9-11(6-13)12(16(3)14-9)15(2)7-10-4-5-17-8-10/h4-5,8H,7H2,1-3H3. The van der Waals surface area contributed by atoms with Gasteiger partial charge in [0, 0.05) is 20.6 Å². The molecule has 0 bridgehead atoms. The fourth-order valence-electron chi connectivity index (χ4n) is 1.95. The van der Waals surface area contributed by atoms with Crippen LogP contribution in [0.5, 0.6) is 0 Å². The van der Waals surface area contributed by atoms with E-state index >= 15 is 0 Å². The zero-order valence-corrected chi connectivity index (χ0v) is 11.0. The van der Waals surface area contributed by atoms with Gasteiger partial charge in [0.05, 0.1) is 5.69 Å². The summed E-state index contributed by atoms with van der Waals surface area (Å²) in [6, 6.07) is 4.32. The van der Waals surface area contributed by atoms with E-state index in [0.29, 0.717) is 5.56 Å². The number of aryl methyl sites for hydroxylation is 2. The molecular weight excluding hydrogens is 232 g/mol. The average Bonchev–Trinajstić information content (AvgIpc) is 2.85. The Morgan fingerprint density at radius 1 is 1.59 bits per heavy atom. The first-order chi connectivity index (χ1) is 8.13. The molecule has 0 saturated carbocycles. The van der Waals surface area contributed by atoms with Crippen LogP contribution >= 0.6 is 11.3 Å². The number of anilines is 1. The molecule has 4 nitrogen and oxygen atoms in total. The highest BCUT2D eigenvalue weighted by Gasteiger charge is 2.16. The maximum Gasteiger partial charge on any atom is 0.145 e. The highest BCUT2D eigenvalue weighted by molar-refractivity contribution is 7.07. The van der Waals surface area contributed by atoms with E-state index in [-0.39, 0.29) is 0 Å². The van der Waals surface area contributed by atoms with Crippen molar-refractivity contribution in [1.82, 2.24) is 9.78 Å². The quantitative estimate of drug-likeness (QED) is 0.834. The van der Waals surface area contributed by atoms with Gasteiger partial charge in [-0.3, -0.25) is 4.68 Å². The second-order valence-electron chi connectivity index (χ2n) is 4.01. The summed E-state index contributed by atoms with van der Waals surface area (Å²) >= 11 is 1.68. The van der Waals surface area contributed by atoms with E-state index in [1.807, 2.05) is 21.0 Å². The van der Waals surface area contributed by atoms with Crippen LogP contribution < -0.4 is 4.90 Å². The molecule has 0 spiro atoms. The predicted octanol–water partition coefficient (Wildman–Crippen LogP) is 2.30. The molecule has 0 aliphatic carbocycles. The molecule has 0 aliphatic rings. The van der Waals surface area contributed by atoms with Gasteiger partial charge >= 0.3 is 0 Å². The van der Waals surface area contributed by atoms with Gasteiger partial charge in [0.25, 0.3) is 0 Å². The van der Waals surface area contributed by atoms with Gasteiger partial charge < -0.3 is 4.90 Å². The molecular formula is C12H14N4S. The Balaban J connectivity index is 2.31. The minimum atomic E-state index is 0.658. The van der Waals surface area contributed by atoms with E-state index in [4.69, 9.17) is 5.26 Å². The molecule has 0 aliphatic heterocycles. The van der Waals surface area contributed by atoms with E-state index in [1.54, 1.807) is 16.0 Å². The lowest BCUT2D eigenvalue weighted by molar-refractivity contribution is 0.727. The van der Waals surface area contributed by atoms with Gasteiger partial charge in [-0.15, -0.1) is 0 Å². The summed E-state index contributed by atoms with van der Waals surface area (Å²) in [6.45, 7) is 2.65. The van der Waals surface area contributed by atoms with Crippen LogP contribution in [0.1, 0.15) is 16.8 Å². The van der Waals surface area contributed by atoms with Crippen molar-refractivity contribution in [2.75, 3.05) is 11.9 Å². The third-order valence-corrected chi connectivity index (χ3v) is 3.40. The van der Waals surface area contributed by atoms with Crippen LogP contribution in [0.15, 0.2) is 16.8 Å². The Hall–Kier alpha value is -1.80. The van der Waals surface area contributed by atoms with Gasteiger partial charge in [-0.25, -0.2) is 0 Å². The molecule has 17 heavy (non-hydrogen) atoms. The normalized spacial score (nSPS) is 10.2. The number of nitriles is 1. The largest absolute Gasteiger partial charge is 0.354 e. The van der Waals surface area contributed by atoms with E-state index < -0.39 is 0 Å². The third kappa shape index (κ3) is 2.17. The molecule has 0 N–H and O–H groups in total. The lowest BCUT2D eigenvalue weighted by Crippen LogP contribution is -2.20. The minimum Gasteiger partial charge on any atom is -0.354 e. The Morgan fingerprint density at radius 2 is 2.35 bits per heavy atom. The van der Waals surface area contributed by atoms with Gasteiger partial charge in [0.15, 0.2) is 0 Å². The highest BCUT2D eigenvalue weighted by Crippen LogP contribution is 2.23.